The van der Waals surface area contributed by atoms with Gasteiger partial charge in [-0.15, -0.1) is 0 Å². The first kappa shape index (κ1) is 17.2. The van der Waals surface area contributed by atoms with Crippen molar-refractivity contribution in [2.24, 2.45) is 5.92 Å². The van der Waals surface area contributed by atoms with Crippen LogP contribution in [-0.2, 0) is 4.79 Å². The van der Waals surface area contributed by atoms with E-state index in [2.05, 4.69) is 5.32 Å². The number of halogens is 3. The molecule has 0 aliphatic rings. The Bertz CT molecular complexity index is 540. The lowest BCUT2D eigenvalue weighted by molar-refractivity contribution is -0.141. The Morgan fingerprint density at radius 2 is 2.05 bits per heavy atom. The molecule has 116 valence electrons. The van der Waals surface area contributed by atoms with Crippen LogP contribution in [0.15, 0.2) is 18.2 Å². The smallest absolute Gasteiger partial charge is 0.321 e. The van der Waals surface area contributed by atoms with E-state index in [4.69, 9.17) is 16.7 Å². The molecule has 0 saturated carbocycles. The summed E-state index contributed by atoms with van der Waals surface area (Å²) in [6, 6.07) is 3.28. The van der Waals surface area contributed by atoms with E-state index >= 15 is 0 Å². The number of aliphatic carboxylic acids is 1. The first-order valence-corrected chi connectivity index (χ1v) is 6.43. The lowest BCUT2D eigenvalue weighted by Gasteiger charge is -2.20. The molecule has 0 fully saturated rings. The second-order valence-electron chi connectivity index (χ2n) is 4.56. The number of carboxylic acid groups (broad SMARTS) is 1. The van der Waals surface area contributed by atoms with Gasteiger partial charge in [0, 0.05) is 19.2 Å². The summed E-state index contributed by atoms with van der Waals surface area (Å²) in [5, 5.41) is 10.9. The van der Waals surface area contributed by atoms with Gasteiger partial charge in [-0.05, 0) is 6.07 Å². The lowest BCUT2D eigenvalue weighted by Crippen LogP contribution is -2.36. The van der Waals surface area contributed by atoms with Gasteiger partial charge in [0.1, 0.15) is 0 Å². The highest BCUT2D eigenvalue weighted by molar-refractivity contribution is 6.34. The molecule has 0 aromatic heterocycles. The Hall–Kier alpha value is -1.89. The summed E-state index contributed by atoms with van der Waals surface area (Å²) in [4.78, 5) is 23.7. The number of amides is 2. The molecule has 0 bridgehead atoms. The SMILES string of the molecule is CC(CN(C)C(=O)Nc1cccc(C(F)F)c1Cl)C(=O)O. The Morgan fingerprint density at radius 3 is 2.57 bits per heavy atom. The van der Waals surface area contributed by atoms with E-state index in [1.54, 1.807) is 0 Å². The third kappa shape index (κ3) is 4.56. The molecule has 1 aromatic rings. The van der Waals surface area contributed by atoms with Crippen LogP contribution in [-0.4, -0.2) is 35.6 Å². The minimum Gasteiger partial charge on any atom is -0.481 e. The van der Waals surface area contributed by atoms with Gasteiger partial charge >= 0.3 is 12.0 Å². The second kappa shape index (κ2) is 7.21. The van der Waals surface area contributed by atoms with Gasteiger partial charge in [-0.2, -0.15) is 0 Å². The van der Waals surface area contributed by atoms with E-state index in [1.165, 1.54) is 32.2 Å². The fourth-order valence-electron chi connectivity index (χ4n) is 1.60. The van der Waals surface area contributed by atoms with Gasteiger partial charge in [0.05, 0.1) is 16.6 Å². The van der Waals surface area contributed by atoms with Crippen LogP contribution < -0.4 is 5.32 Å². The monoisotopic (exact) mass is 320 g/mol. The lowest BCUT2D eigenvalue weighted by atomic mass is 10.2. The first-order valence-electron chi connectivity index (χ1n) is 6.05. The molecule has 1 atom stereocenters. The third-order valence-electron chi connectivity index (χ3n) is 2.82. The number of hydrogen-bond donors (Lipinski definition) is 2. The van der Waals surface area contributed by atoms with E-state index < -0.39 is 24.3 Å². The topological polar surface area (TPSA) is 69.6 Å². The average molecular weight is 321 g/mol. The number of alkyl halides is 2. The molecule has 0 aliphatic heterocycles. The van der Waals surface area contributed by atoms with Crippen LogP contribution in [0, 0.1) is 5.92 Å². The highest BCUT2D eigenvalue weighted by atomic mass is 35.5. The number of anilines is 1. The molecule has 21 heavy (non-hydrogen) atoms. The summed E-state index contributed by atoms with van der Waals surface area (Å²) < 4.78 is 25.4. The van der Waals surface area contributed by atoms with E-state index in [9.17, 15) is 18.4 Å². The average Bonchev–Trinajstić information content (AvgIpc) is 2.40. The van der Waals surface area contributed by atoms with Crippen molar-refractivity contribution < 1.29 is 23.5 Å². The molecule has 0 heterocycles. The molecule has 0 saturated heterocycles. The number of carboxylic acids is 1. The van der Waals surface area contributed by atoms with Crippen LogP contribution in [0.2, 0.25) is 5.02 Å². The molecule has 1 aromatic carbocycles. The maximum atomic E-state index is 12.7. The quantitative estimate of drug-likeness (QED) is 0.873. The molecular formula is C13H15ClF2N2O3. The van der Waals surface area contributed by atoms with Crippen LogP contribution in [0.1, 0.15) is 18.9 Å². The van der Waals surface area contributed by atoms with E-state index in [-0.39, 0.29) is 22.8 Å². The molecule has 1 rings (SSSR count). The number of benzene rings is 1. The van der Waals surface area contributed by atoms with Gasteiger partial charge in [-0.1, -0.05) is 30.7 Å². The summed E-state index contributed by atoms with van der Waals surface area (Å²) in [7, 11) is 1.40. The minimum atomic E-state index is -2.75. The zero-order valence-corrected chi connectivity index (χ0v) is 12.2. The first-order chi connectivity index (χ1) is 9.73. The minimum absolute atomic E-state index is 0.0205. The highest BCUT2D eigenvalue weighted by Crippen LogP contribution is 2.32. The Kier molecular flexibility index (Phi) is 5.90. The van der Waals surface area contributed by atoms with Crippen molar-refractivity contribution in [3.63, 3.8) is 0 Å². The molecule has 2 N–H and O–H groups in total. The standard InChI is InChI=1S/C13H15ClF2N2O3/c1-7(12(19)20)6-18(2)13(21)17-9-5-3-4-8(10(9)14)11(15)16/h3-5,7,11H,6H2,1-2H3,(H,17,21)(H,19,20). The molecule has 0 aliphatic carbocycles. The highest BCUT2D eigenvalue weighted by Gasteiger charge is 2.20. The van der Waals surface area contributed by atoms with Gasteiger partial charge in [0.25, 0.3) is 6.43 Å². The third-order valence-corrected chi connectivity index (χ3v) is 3.24. The summed E-state index contributed by atoms with van der Waals surface area (Å²) in [5.74, 6) is -1.78. The van der Waals surface area contributed by atoms with E-state index in [0.717, 1.165) is 4.90 Å². The predicted molar refractivity (Wildman–Crippen MR) is 74.9 cm³/mol. The second-order valence-corrected chi connectivity index (χ2v) is 4.94. The predicted octanol–water partition coefficient (Wildman–Crippen LogP) is 3.46. The molecule has 1 unspecified atom stereocenters. The fourth-order valence-corrected chi connectivity index (χ4v) is 1.85. The van der Waals surface area contributed by atoms with Crippen LogP contribution in [0.5, 0.6) is 0 Å². The maximum Gasteiger partial charge on any atom is 0.321 e. The maximum absolute atomic E-state index is 12.7. The largest absolute Gasteiger partial charge is 0.481 e. The summed E-state index contributed by atoms with van der Waals surface area (Å²) in [5.41, 5.74) is -0.328. The number of urea groups is 1. The molecule has 2 amide bonds. The van der Waals surface area contributed by atoms with Crippen molar-refractivity contribution >= 4 is 29.3 Å². The van der Waals surface area contributed by atoms with Crippen LogP contribution in [0.3, 0.4) is 0 Å². The summed E-state index contributed by atoms with van der Waals surface area (Å²) in [6.45, 7) is 1.43. The fraction of sp³-hybridized carbons (Fsp3) is 0.385. The Labute approximate surface area is 125 Å². The van der Waals surface area contributed by atoms with Crippen molar-refractivity contribution in [2.75, 3.05) is 18.9 Å². The van der Waals surface area contributed by atoms with Crippen LogP contribution in [0.4, 0.5) is 19.3 Å². The van der Waals surface area contributed by atoms with Crippen molar-refractivity contribution in [2.45, 2.75) is 13.3 Å². The van der Waals surface area contributed by atoms with E-state index in [1.807, 2.05) is 0 Å². The zero-order chi connectivity index (χ0) is 16.2. The van der Waals surface area contributed by atoms with Crippen molar-refractivity contribution in [1.82, 2.24) is 4.90 Å². The number of nitrogens with zero attached hydrogens (tertiary/aromatic N) is 1. The van der Waals surface area contributed by atoms with Crippen molar-refractivity contribution in [3.05, 3.63) is 28.8 Å². The van der Waals surface area contributed by atoms with Gasteiger partial charge in [-0.25, -0.2) is 13.6 Å². The molecule has 0 radical (unpaired) electrons. The molecule has 8 heteroatoms. The number of nitrogens with one attached hydrogen (secondary N) is 1. The molecule has 5 nitrogen and oxygen atoms in total. The van der Waals surface area contributed by atoms with Crippen molar-refractivity contribution in [1.29, 1.82) is 0 Å². The number of carbonyl (C=O) groups is 2. The van der Waals surface area contributed by atoms with Gasteiger partial charge in [0.2, 0.25) is 0 Å². The normalized spacial score (nSPS) is 12.1. The number of rotatable bonds is 5. The number of hydrogen-bond acceptors (Lipinski definition) is 2. The molecular weight excluding hydrogens is 306 g/mol. The number of carbonyl (C=O) groups excluding carboxylic acids is 1. The van der Waals surface area contributed by atoms with Crippen LogP contribution >= 0.6 is 11.6 Å². The Morgan fingerprint density at radius 1 is 1.43 bits per heavy atom. The summed E-state index contributed by atoms with van der Waals surface area (Å²) >= 11 is 5.80. The molecule has 0 spiro atoms. The van der Waals surface area contributed by atoms with Crippen LogP contribution in [0.25, 0.3) is 0 Å². The summed E-state index contributed by atoms with van der Waals surface area (Å²) in [6.07, 6.45) is -2.75. The van der Waals surface area contributed by atoms with Crippen molar-refractivity contribution in [3.8, 4) is 0 Å². The van der Waals surface area contributed by atoms with E-state index in [0.29, 0.717) is 0 Å². The zero-order valence-electron chi connectivity index (χ0n) is 11.4. The van der Waals surface area contributed by atoms with Gasteiger partial charge in [-0.3, -0.25) is 4.79 Å². The van der Waals surface area contributed by atoms with Gasteiger partial charge < -0.3 is 15.3 Å². The van der Waals surface area contributed by atoms with Gasteiger partial charge in [0.15, 0.2) is 0 Å². The Balaban J connectivity index is 2.79.